The van der Waals surface area contributed by atoms with Crippen LogP contribution in [-0.4, -0.2) is 46.4 Å². The molecule has 1 fully saturated rings. The van der Waals surface area contributed by atoms with Crippen molar-refractivity contribution in [2.45, 2.75) is 25.3 Å². The number of carbonyl (C=O) groups is 2. The molecule has 2 bridgehead atoms. The first-order chi connectivity index (χ1) is 13.5. The van der Waals surface area contributed by atoms with Crippen molar-refractivity contribution in [1.82, 2.24) is 9.47 Å². The number of aromatic nitrogens is 1. The zero-order chi connectivity index (χ0) is 19.7. The van der Waals surface area contributed by atoms with Crippen LogP contribution in [0.5, 0.6) is 0 Å². The Morgan fingerprint density at radius 2 is 2.11 bits per heavy atom. The van der Waals surface area contributed by atoms with Crippen molar-refractivity contribution in [3.8, 4) is 0 Å². The average Bonchev–Trinajstić information content (AvgIpc) is 3.17. The normalized spacial score (nSPS) is 20.5. The maximum atomic E-state index is 12.9. The molecule has 1 saturated heterocycles. The predicted octanol–water partition coefficient (Wildman–Crippen LogP) is 2.40. The topological polar surface area (TPSA) is 71.4 Å². The molecule has 2 aromatic rings. The SMILES string of the molecule is CSCC(=O)Nc1ccc2n(c1=O)C[C@H]1C[C@@H]2CN(C(=O)Cc2cccs2)C1. The minimum Gasteiger partial charge on any atom is -0.341 e. The molecule has 0 unspecified atom stereocenters. The van der Waals surface area contributed by atoms with E-state index in [1.54, 1.807) is 22.0 Å². The van der Waals surface area contributed by atoms with E-state index in [-0.39, 0.29) is 29.2 Å². The summed E-state index contributed by atoms with van der Waals surface area (Å²) in [4.78, 5) is 40.5. The summed E-state index contributed by atoms with van der Waals surface area (Å²) >= 11 is 3.03. The second-order valence-electron chi connectivity index (χ2n) is 7.42. The minimum absolute atomic E-state index is 0.139. The van der Waals surface area contributed by atoms with Crippen LogP contribution < -0.4 is 10.9 Å². The number of fused-ring (bicyclic) bond motifs is 4. The molecule has 8 heteroatoms. The fourth-order valence-electron chi connectivity index (χ4n) is 4.24. The molecule has 0 saturated carbocycles. The van der Waals surface area contributed by atoms with Crippen LogP contribution in [0.15, 0.2) is 34.4 Å². The Kier molecular flexibility index (Phi) is 5.59. The monoisotopic (exact) mass is 417 g/mol. The van der Waals surface area contributed by atoms with Gasteiger partial charge in [-0.15, -0.1) is 11.3 Å². The van der Waals surface area contributed by atoms with Crippen LogP contribution in [0.4, 0.5) is 5.69 Å². The van der Waals surface area contributed by atoms with Gasteiger partial charge in [0.2, 0.25) is 11.8 Å². The first-order valence-electron chi connectivity index (χ1n) is 9.38. The fraction of sp³-hybridized carbons (Fsp3) is 0.450. The quantitative estimate of drug-likeness (QED) is 0.811. The van der Waals surface area contributed by atoms with E-state index < -0.39 is 0 Å². The molecule has 0 aromatic carbocycles. The van der Waals surface area contributed by atoms with Crippen molar-refractivity contribution in [2.24, 2.45) is 5.92 Å². The second-order valence-corrected chi connectivity index (χ2v) is 9.32. The molecule has 0 radical (unpaired) electrons. The molecule has 2 aliphatic rings. The number of rotatable bonds is 5. The highest BCUT2D eigenvalue weighted by Crippen LogP contribution is 2.35. The van der Waals surface area contributed by atoms with Gasteiger partial charge in [0.25, 0.3) is 5.56 Å². The maximum absolute atomic E-state index is 12.9. The molecule has 2 aliphatic heterocycles. The summed E-state index contributed by atoms with van der Waals surface area (Å²) in [5.41, 5.74) is 1.17. The number of hydrogen-bond donors (Lipinski definition) is 1. The van der Waals surface area contributed by atoms with Crippen LogP contribution in [0, 0.1) is 5.92 Å². The molecule has 6 nitrogen and oxygen atoms in total. The molecule has 0 spiro atoms. The Balaban J connectivity index is 1.52. The number of pyridine rings is 1. The van der Waals surface area contributed by atoms with E-state index in [4.69, 9.17) is 0 Å². The fourth-order valence-corrected chi connectivity index (χ4v) is 5.27. The van der Waals surface area contributed by atoms with Crippen LogP contribution in [0.3, 0.4) is 0 Å². The van der Waals surface area contributed by atoms with Gasteiger partial charge < -0.3 is 14.8 Å². The average molecular weight is 418 g/mol. The highest BCUT2D eigenvalue weighted by Gasteiger charge is 2.36. The number of amides is 2. The number of thioether (sulfide) groups is 1. The van der Waals surface area contributed by atoms with Crippen molar-refractivity contribution < 1.29 is 9.59 Å². The number of hydrogen-bond acceptors (Lipinski definition) is 5. The minimum atomic E-state index is -0.161. The van der Waals surface area contributed by atoms with E-state index in [0.29, 0.717) is 37.5 Å². The number of likely N-dealkylation sites (tertiary alicyclic amines) is 1. The second kappa shape index (κ2) is 8.13. The van der Waals surface area contributed by atoms with Crippen molar-refractivity contribution in [1.29, 1.82) is 0 Å². The highest BCUT2D eigenvalue weighted by molar-refractivity contribution is 7.99. The van der Waals surface area contributed by atoms with Crippen molar-refractivity contribution in [3.05, 3.63) is 50.6 Å². The third-order valence-corrected chi connectivity index (χ3v) is 6.84. The molecular weight excluding hydrogens is 394 g/mol. The van der Waals surface area contributed by atoms with Gasteiger partial charge >= 0.3 is 0 Å². The Morgan fingerprint density at radius 1 is 1.25 bits per heavy atom. The number of nitrogens with one attached hydrogen (secondary N) is 1. The van der Waals surface area contributed by atoms with E-state index in [2.05, 4.69) is 5.32 Å². The molecule has 4 heterocycles. The zero-order valence-corrected chi connectivity index (χ0v) is 17.4. The number of carbonyl (C=O) groups excluding carboxylic acids is 2. The summed E-state index contributed by atoms with van der Waals surface area (Å²) in [6, 6.07) is 7.61. The van der Waals surface area contributed by atoms with Crippen molar-refractivity contribution in [2.75, 3.05) is 30.4 Å². The molecule has 2 aromatic heterocycles. The molecule has 4 rings (SSSR count). The van der Waals surface area contributed by atoms with E-state index in [1.165, 1.54) is 11.8 Å². The first-order valence-corrected chi connectivity index (χ1v) is 11.6. The van der Waals surface area contributed by atoms with Gasteiger partial charge in [-0.05, 0) is 42.2 Å². The van der Waals surface area contributed by atoms with Gasteiger partial charge in [0.05, 0.1) is 12.2 Å². The standard InChI is InChI=1S/C20H23N3O3S2/c1-27-12-18(24)21-16-4-5-17-14-7-13(10-23(17)20(16)26)9-22(11-14)19(25)8-15-3-2-6-28-15/h2-6,13-14H,7-12H2,1H3,(H,21,24)/t13-,14+/m0/s1. The Bertz CT molecular complexity index is 939. The maximum Gasteiger partial charge on any atom is 0.274 e. The van der Waals surface area contributed by atoms with Crippen LogP contribution in [0.2, 0.25) is 0 Å². The Hall–Kier alpha value is -2.06. The zero-order valence-electron chi connectivity index (χ0n) is 15.7. The van der Waals surface area contributed by atoms with Crippen LogP contribution in [-0.2, 0) is 22.6 Å². The van der Waals surface area contributed by atoms with Gasteiger partial charge in [0, 0.05) is 36.1 Å². The third-order valence-electron chi connectivity index (χ3n) is 5.41. The van der Waals surface area contributed by atoms with Gasteiger partial charge in [0.15, 0.2) is 0 Å². The van der Waals surface area contributed by atoms with Gasteiger partial charge in [-0.3, -0.25) is 14.4 Å². The lowest BCUT2D eigenvalue weighted by molar-refractivity contribution is -0.133. The predicted molar refractivity (Wildman–Crippen MR) is 113 cm³/mol. The van der Waals surface area contributed by atoms with Crippen LogP contribution >= 0.6 is 23.1 Å². The molecular formula is C20H23N3O3S2. The van der Waals surface area contributed by atoms with E-state index in [9.17, 15) is 14.4 Å². The van der Waals surface area contributed by atoms with Gasteiger partial charge in [0.1, 0.15) is 5.69 Å². The summed E-state index contributed by atoms with van der Waals surface area (Å²) in [5, 5.41) is 4.71. The van der Waals surface area contributed by atoms with E-state index >= 15 is 0 Å². The van der Waals surface area contributed by atoms with E-state index in [1.807, 2.05) is 34.7 Å². The summed E-state index contributed by atoms with van der Waals surface area (Å²) in [5.74, 6) is 0.769. The van der Waals surface area contributed by atoms with Gasteiger partial charge in [-0.25, -0.2) is 0 Å². The smallest absolute Gasteiger partial charge is 0.274 e. The molecule has 1 N–H and O–H groups in total. The molecule has 148 valence electrons. The van der Waals surface area contributed by atoms with Gasteiger partial charge in [-0.1, -0.05) is 6.07 Å². The summed E-state index contributed by atoms with van der Waals surface area (Å²) < 4.78 is 1.80. The molecule has 28 heavy (non-hydrogen) atoms. The number of anilines is 1. The summed E-state index contributed by atoms with van der Waals surface area (Å²) in [6.07, 6.45) is 3.30. The lowest BCUT2D eigenvalue weighted by Crippen LogP contribution is -2.49. The first kappa shape index (κ1) is 19.3. The van der Waals surface area contributed by atoms with E-state index in [0.717, 1.165) is 17.0 Å². The van der Waals surface area contributed by atoms with Crippen molar-refractivity contribution in [3.63, 3.8) is 0 Å². The molecule has 0 aliphatic carbocycles. The number of nitrogens with zero attached hydrogens (tertiary/aromatic N) is 2. The summed E-state index contributed by atoms with van der Waals surface area (Å²) in [7, 11) is 0. The van der Waals surface area contributed by atoms with Crippen LogP contribution in [0.1, 0.15) is 22.9 Å². The number of thiophene rings is 1. The largest absolute Gasteiger partial charge is 0.341 e. The van der Waals surface area contributed by atoms with Crippen molar-refractivity contribution >= 4 is 40.6 Å². The molecule has 2 amide bonds. The Labute approximate surface area is 171 Å². The van der Waals surface area contributed by atoms with Gasteiger partial charge in [-0.2, -0.15) is 11.8 Å². The lowest BCUT2D eigenvalue weighted by Gasteiger charge is -2.43. The highest BCUT2D eigenvalue weighted by atomic mass is 32.2. The third kappa shape index (κ3) is 3.89. The number of piperidine rings is 1. The van der Waals surface area contributed by atoms with Crippen LogP contribution in [0.25, 0.3) is 0 Å². The molecule has 2 atom stereocenters. The Morgan fingerprint density at radius 3 is 2.86 bits per heavy atom. The lowest BCUT2D eigenvalue weighted by atomic mass is 9.83. The summed E-state index contributed by atoms with van der Waals surface area (Å²) in [6.45, 7) is 1.94.